The molecule has 0 aliphatic rings. The smallest absolute Gasteiger partial charge is 0.282 e. The van der Waals surface area contributed by atoms with Crippen LogP contribution in [-0.4, -0.2) is 26.6 Å². The lowest BCUT2D eigenvalue weighted by Crippen LogP contribution is -2.22. The molecule has 2 heterocycles. The normalized spacial score (nSPS) is 12.1. The average molecular weight is 435 g/mol. The highest BCUT2D eigenvalue weighted by Gasteiger charge is 2.11. The first-order valence-electron chi connectivity index (χ1n) is 10.5. The third-order valence-electron chi connectivity index (χ3n) is 5.34. The lowest BCUT2D eigenvalue weighted by molar-refractivity contribution is 0.122. The lowest BCUT2D eigenvalue weighted by Gasteiger charge is -2.09. The molecule has 0 aliphatic heterocycles. The molecule has 3 aromatic carbocycles. The van der Waals surface area contributed by atoms with E-state index in [1.807, 2.05) is 79.9 Å². The molecular formula is C26H21N5O2. The van der Waals surface area contributed by atoms with E-state index in [2.05, 4.69) is 20.2 Å². The first-order valence-corrected chi connectivity index (χ1v) is 10.5. The molecule has 0 unspecified atom stereocenters. The zero-order valence-electron chi connectivity index (χ0n) is 18.0. The van der Waals surface area contributed by atoms with Gasteiger partial charge in [-0.05, 0) is 30.7 Å². The molecule has 0 saturated heterocycles. The van der Waals surface area contributed by atoms with Gasteiger partial charge < -0.3 is 9.82 Å². The van der Waals surface area contributed by atoms with Gasteiger partial charge in [-0.25, -0.2) is 4.98 Å². The fourth-order valence-electron chi connectivity index (χ4n) is 3.62. The highest BCUT2D eigenvalue weighted by Crippen LogP contribution is 2.16. The van der Waals surface area contributed by atoms with E-state index in [-0.39, 0.29) is 12.2 Å². The summed E-state index contributed by atoms with van der Waals surface area (Å²) in [6.45, 7) is 1.86. The van der Waals surface area contributed by atoms with Crippen molar-refractivity contribution in [3.63, 3.8) is 0 Å². The van der Waals surface area contributed by atoms with Gasteiger partial charge in [0.25, 0.3) is 5.56 Å². The summed E-state index contributed by atoms with van der Waals surface area (Å²) in [5.74, 6) is 0.361. The van der Waals surface area contributed by atoms with Crippen molar-refractivity contribution in [2.45, 2.75) is 13.5 Å². The monoisotopic (exact) mass is 435 g/mol. The van der Waals surface area contributed by atoms with Gasteiger partial charge in [-0.1, -0.05) is 65.8 Å². The number of benzene rings is 3. The molecule has 2 aromatic heterocycles. The summed E-state index contributed by atoms with van der Waals surface area (Å²) in [5, 5.41) is 10.2. The maximum atomic E-state index is 13.2. The Hall–Kier alpha value is -4.52. The molecule has 5 aromatic rings. The quantitative estimate of drug-likeness (QED) is 0.310. The van der Waals surface area contributed by atoms with Crippen LogP contribution in [0.5, 0.6) is 0 Å². The summed E-state index contributed by atoms with van der Waals surface area (Å²) in [5.41, 5.74) is 3.88. The molecule has 0 bridgehead atoms. The number of nitrogens with zero attached hydrogens (tertiary/aromatic N) is 4. The van der Waals surface area contributed by atoms with E-state index in [9.17, 15) is 4.79 Å². The van der Waals surface area contributed by atoms with Gasteiger partial charge in [-0.15, -0.1) is 0 Å². The number of aromatic amines is 1. The molecule has 0 aliphatic carbocycles. The van der Waals surface area contributed by atoms with Crippen molar-refractivity contribution in [3.8, 4) is 0 Å². The van der Waals surface area contributed by atoms with Crippen LogP contribution in [0.4, 0.5) is 0 Å². The minimum atomic E-state index is -0.265. The predicted molar refractivity (Wildman–Crippen MR) is 131 cm³/mol. The van der Waals surface area contributed by atoms with Crippen molar-refractivity contribution >= 4 is 33.7 Å². The number of aromatic nitrogens is 3. The number of oxime groups is 1. The van der Waals surface area contributed by atoms with Crippen molar-refractivity contribution in [1.29, 1.82) is 0 Å². The summed E-state index contributed by atoms with van der Waals surface area (Å²) >= 11 is 0. The Balaban J connectivity index is 1.51. The van der Waals surface area contributed by atoms with Crippen molar-refractivity contribution in [2.75, 3.05) is 0 Å². The molecule has 0 saturated carbocycles. The van der Waals surface area contributed by atoms with Crippen LogP contribution < -0.4 is 5.56 Å². The Morgan fingerprint density at radius 1 is 1.00 bits per heavy atom. The summed E-state index contributed by atoms with van der Waals surface area (Å²) in [6, 6.07) is 24.8. The molecule has 0 spiro atoms. The Bertz CT molecular complexity index is 1550. The largest absolute Gasteiger partial charge is 0.387 e. The van der Waals surface area contributed by atoms with E-state index in [0.29, 0.717) is 16.7 Å². The van der Waals surface area contributed by atoms with Gasteiger partial charge in [-0.3, -0.25) is 4.79 Å². The van der Waals surface area contributed by atoms with Crippen LogP contribution in [0, 0.1) is 0 Å². The maximum absolute atomic E-state index is 13.2. The second kappa shape index (κ2) is 8.92. The fourth-order valence-corrected chi connectivity index (χ4v) is 3.62. The van der Waals surface area contributed by atoms with Crippen LogP contribution in [0.1, 0.15) is 23.9 Å². The summed E-state index contributed by atoms with van der Waals surface area (Å²) in [7, 11) is 0. The molecule has 162 valence electrons. The minimum absolute atomic E-state index is 0.00449. The Morgan fingerprint density at radius 3 is 2.58 bits per heavy atom. The first kappa shape index (κ1) is 20.4. The fraction of sp³-hybridized carbons (Fsp3) is 0.0769. The molecule has 7 nitrogen and oxygen atoms in total. The third kappa shape index (κ3) is 4.16. The van der Waals surface area contributed by atoms with Gasteiger partial charge in [0.1, 0.15) is 0 Å². The van der Waals surface area contributed by atoms with Gasteiger partial charge in [0.2, 0.25) is 0 Å². The van der Waals surface area contributed by atoms with Crippen LogP contribution in [0.25, 0.3) is 21.8 Å². The number of nitrogens with one attached hydrogen (secondary N) is 1. The van der Waals surface area contributed by atoms with Crippen LogP contribution >= 0.6 is 0 Å². The van der Waals surface area contributed by atoms with Gasteiger partial charge in [0, 0.05) is 22.7 Å². The van der Waals surface area contributed by atoms with Crippen LogP contribution in [0.3, 0.4) is 0 Å². The van der Waals surface area contributed by atoms with Crippen LogP contribution in [-0.2, 0) is 11.4 Å². The summed E-state index contributed by atoms with van der Waals surface area (Å²) in [6.07, 6.45) is 3.51. The van der Waals surface area contributed by atoms with Crippen molar-refractivity contribution in [2.24, 2.45) is 10.3 Å². The van der Waals surface area contributed by atoms with E-state index < -0.39 is 0 Å². The zero-order chi connectivity index (χ0) is 22.6. The number of hydrogen-bond acceptors (Lipinski definition) is 5. The molecule has 0 atom stereocenters. The third-order valence-corrected chi connectivity index (χ3v) is 5.34. The molecule has 0 fully saturated rings. The molecule has 33 heavy (non-hydrogen) atoms. The van der Waals surface area contributed by atoms with Crippen molar-refractivity contribution in [1.82, 2.24) is 14.6 Å². The molecule has 1 N–H and O–H groups in total. The lowest BCUT2D eigenvalue weighted by atomic mass is 10.1. The van der Waals surface area contributed by atoms with Crippen LogP contribution in [0.2, 0.25) is 0 Å². The van der Waals surface area contributed by atoms with E-state index >= 15 is 0 Å². The highest BCUT2D eigenvalue weighted by atomic mass is 16.6. The van der Waals surface area contributed by atoms with Gasteiger partial charge in [0.15, 0.2) is 12.4 Å². The first-order chi connectivity index (χ1) is 16.2. The van der Waals surface area contributed by atoms with E-state index in [4.69, 9.17) is 4.84 Å². The molecule has 7 heteroatoms. The van der Waals surface area contributed by atoms with Gasteiger partial charge in [-0.2, -0.15) is 9.78 Å². The predicted octanol–water partition coefficient (Wildman–Crippen LogP) is 4.70. The average Bonchev–Trinajstić information content (AvgIpc) is 3.27. The molecule has 5 rings (SSSR count). The van der Waals surface area contributed by atoms with Gasteiger partial charge >= 0.3 is 0 Å². The van der Waals surface area contributed by atoms with E-state index in [1.165, 1.54) is 4.68 Å². The number of rotatable bonds is 6. The molecular weight excluding hydrogens is 414 g/mol. The summed E-state index contributed by atoms with van der Waals surface area (Å²) in [4.78, 5) is 26.6. The number of fused-ring (bicyclic) bond motifs is 2. The van der Waals surface area contributed by atoms with Crippen molar-refractivity contribution in [3.05, 3.63) is 112 Å². The molecule has 0 radical (unpaired) electrons. The van der Waals surface area contributed by atoms with E-state index in [1.54, 1.807) is 18.3 Å². The highest BCUT2D eigenvalue weighted by molar-refractivity contribution is 5.99. The topological polar surface area (TPSA) is 84.6 Å². The SMILES string of the molecule is C/C(=N\OCc1nc2ccccc2c(=O)n1/N=C/c1c[nH]c2ccccc12)c1ccccc1. The second-order valence-electron chi connectivity index (χ2n) is 7.51. The van der Waals surface area contributed by atoms with Crippen molar-refractivity contribution < 1.29 is 4.84 Å². The van der Waals surface area contributed by atoms with E-state index in [0.717, 1.165) is 27.7 Å². The van der Waals surface area contributed by atoms with Crippen LogP contribution in [0.15, 0.2) is 100 Å². The number of para-hydroxylation sites is 2. The number of H-pyrrole nitrogens is 1. The standard InChI is InChI=1S/C26H21N5O2/c1-18(19-9-3-2-4-10-19)30-33-17-25-29-24-14-8-6-12-22(24)26(32)31(25)28-16-20-15-27-23-13-7-5-11-21(20)23/h2-16,27H,17H2,1H3/b28-16+,30-18+. The zero-order valence-corrected chi connectivity index (χ0v) is 18.0. The Kier molecular flexibility index (Phi) is 5.51. The minimum Gasteiger partial charge on any atom is -0.387 e. The van der Waals surface area contributed by atoms with Gasteiger partial charge in [0.05, 0.1) is 22.8 Å². The second-order valence-corrected chi connectivity index (χ2v) is 7.51. The number of hydrogen-bond donors (Lipinski definition) is 1. The Labute approximate surface area is 189 Å². The maximum Gasteiger partial charge on any atom is 0.282 e. The molecule has 0 amide bonds. The summed E-state index contributed by atoms with van der Waals surface area (Å²) < 4.78 is 1.28. The Morgan fingerprint density at radius 2 is 1.73 bits per heavy atom.